The third-order valence-corrected chi connectivity index (χ3v) is 3.29. The van der Waals surface area contributed by atoms with Crippen molar-refractivity contribution in [3.05, 3.63) is 59.7 Å². The first-order chi connectivity index (χ1) is 10.9. The second kappa shape index (κ2) is 7.24. The van der Waals surface area contributed by atoms with Gasteiger partial charge < -0.3 is 25.8 Å². The van der Waals surface area contributed by atoms with Gasteiger partial charge in [0.25, 0.3) is 0 Å². The first-order valence-electron chi connectivity index (χ1n) is 6.55. The number of hydrogen-bond donors (Lipinski definition) is 2. The molecule has 6 N–H and O–H groups in total. The number of carboxylic acids is 1. The number of rotatable bonds is 3. The average Bonchev–Trinajstić information content (AvgIpc) is 2.84. The molecule has 0 saturated carbocycles. The Morgan fingerprint density at radius 3 is 2.16 bits per heavy atom. The van der Waals surface area contributed by atoms with E-state index in [9.17, 15) is 23.1 Å². The van der Waals surface area contributed by atoms with E-state index in [1.54, 1.807) is 24.3 Å². The van der Waals surface area contributed by atoms with Gasteiger partial charge in [0, 0.05) is 10.9 Å². The summed E-state index contributed by atoms with van der Waals surface area (Å²) >= 11 is 0. The van der Waals surface area contributed by atoms with E-state index in [2.05, 4.69) is 4.98 Å². The van der Waals surface area contributed by atoms with Crippen molar-refractivity contribution >= 4 is 16.9 Å². The number of carbonyl (C=O) groups is 1. The number of fused-ring (bicyclic) bond motifs is 1. The van der Waals surface area contributed by atoms with Crippen molar-refractivity contribution in [2.45, 2.75) is 6.18 Å². The van der Waals surface area contributed by atoms with Gasteiger partial charge in [-0.15, -0.1) is 0 Å². The highest BCUT2D eigenvalue weighted by molar-refractivity contribution is 6.06. The van der Waals surface area contributed by atoms with Crippen LogP contribution in [-0.4, -0.2) is 27.0 Å². The van der Waals surface area contributed by atoms with Crippen LogP contribution in [0.5, 0.6) is 11.6 Å². The lowest BCUT2D eigenvalue weighted by molar-refractivity contribution is -0.137. The standard InChI is InChI=1S/C16H10F3NO3.2H2O/c17-16(18,19)9-5-7-10(8-6-9)23-14-13(15(21)22)11-3-1-2-4-12(11)20-14;;/h1-8,20H,(H,21,22);2*1H2. The van der Waals surface area contributed by atoms with Crippen molar-refractivity contribution < 1.29 is 38.8 Å². The Balaban J connectivity index is 0.00000156. The number of ether oxygens (including phenoxy) is 1. The van der Waals surface area contributed by atoms with Crippen molar-refractivity contribution in [2.75, 3.05) is 0 Å². The Morgan fingerprint density at radius 2 is 1.60 bits per heavy atom. The number of nitrogens with one attached hydrogen (secondary N) is 1. The molecule has 25 heavy (non-hydrogen) atoms. The quantitative estimate of drug-likeness (QED) is 0.748. The first-order valence-corrected chi connectivity index (χ1v) is 6.55. The maximum absolute atomic E-state index is 12.5. The number of aromatic carboxylic acids is 1. The average molecular weight is 357 g/mol. The van der Waals surface area contributed by atoms with Gasteiger partial charge in [-0.1, -0.05) is 18.2 Å². The van der Waals surface area contributed by atoms with E-state index in [0.29, 0.717) is 10.9 Å². The summed E-state index contributed by atoms with van der Waals surface area (Å²) in [6, 6.07) is 10.7. The number of aromatic nitrogens is 1. The van der Waals surface area contributed by atoms with Crippen LogP contribution in [0.15, 0.2) is 48.5 Å². The molecule has 0 radical (unpaired) electrons. The second-order valence-corrected chi connectivity index (χ2v) is 4.80. The van der Waals surface area contributed by atoms with Crippen molar-refractivity contribution in [3.8, 4) is 11.6 Å². The van der Waals surface area contributed by atoms with Gasteiger partial charge in [0.15, 0.2) is 0 Å². The van der Waals surface area contributed by atoms with Gasteiger partial charge in [0.05, 0.1) is 5.56 Å². The maximum Gasteiger partial charge on any atom is 0.416 e. The normalized spacial score (nSPS) is 10.7. The maximum atomic E-state index is 12.5. The van der Waals surface area contributed by atoms with Crippen LogP contribution < -0.4 is 4.74 Å². The van der Waals surface area contributed by atoms with Crippen LogP contribution in [0.2, 0.25) is 0 Å². The first kappa shape index (κ1) is 20.0. The van der Waals surface area contributed by atoms with Crippen molar-refractivity contribution in [1.82, 2.24) is 4.98 Å². The van der Waals surface area contributed by atoms with Crippen molar-refractivity contribution in [3.63, 3.8) is 0 Å². The zero-order valence-corrected chi connectivity index (χ0v) is 12.5. The van der Waals surface area contributed by atoms with Crippen LogP contribution in [0, 0.1) is 0 Å². The van der Waals surface area contributed by atoms with Crippen LogP contribution >= 0.6 is 0 Å². The van der Waals surface area contributed by atoms with Crippen LogP contribution in [-0.2, 0) is 6.18 Å². The molecule has 134 valence electrons. The zero-order chi connectivity index (χ0) is 16.6. The summed E-state index contributed by atoms with van der Waals surface area (Å²) in [6.07, 6.45) is -4.44. The summed E-state index contributed by atoms with van der Waals surface area (Å²) < 4.78 is 43.0. The fourth-order valence-corrected chi connectivity index (χ4v) is 2.24. The van der Waals surface area contributed by atoms with Crippen LogP contribution in [0.25, 0.3) is 10.9 Å². The summed E-state index contributed by atoms with van der Waals surface area (Å²) in [4.78, 5) is 14.2. The topological polar surface area (TPSA) is 125 Å². The number of aromatic amines is 1. The summed E-state index contributed by atoms with van der Waals surface area (Å²) in [5, 5.41) is 9.79. The minimum absolute atomic E-state index is 0. The number of benzene rings is 2. The van der Waals surface area contributed by atoms with E-state index in [4.69, 9.17) is 4.74 Å². The lowest BCUT2D eigenvalue weighted by atomic mass is 10.2. The van der Waals surface area contributed by atoms with E-state index in [1.807, 2.05) is 0 Å². The number of alkyl halides is 3. The molecular weight excluding hydrogens is 343 g/mol. The smallest absolute Gasteiger partial charge is 0.416 e. The van der Waals surface area contributed by atoms with E-state index in [0.717, 1.165) is 24.3 Å². The lowest BCUT2D eigenvalue weighted by Gasteiger charge is -2.08. The summed E-state index contributed by atoms with van der Waals surface area (Å²) in [6.45, 7) is 0. The van der Waals surface area contributed by atoms with Crippen molar-refractivity contribution in [1.29, 1.82) is 0 Å². The predicted octanol–water partition coefficient (Wildman–Crippen LogP) is 3.03. The Kier molecular flexibility index (Phi) is 5.79. The van der Waals surface area contributed by atoms with E-state index in [-0.39, 0.29) is 28.1 Å². The molecule has 0 spiro atoms. The third kappa shape index (κ3) is 3.90. The van der Waals surface area contributed by atoms with E-state index >= 15 is 0 Å². The van der Waals surface area contributed by atoms with Gasteiger partial charge in [0.1, 0.15) is 11.3 Å². The Hall–Kier alpha value is -3.04. The lowest BCUT2D eigenvalue weighted by Crippen LogP contribution is -2.04. The summed E-state index contributed by atoms with van der Waals surface area (Å²) in [5.74, 6) is -1.12. The molecule has 0 aliphatic heterocycles. The highest BCUT2D eigenvalue weighted by Crippen LogP contribution is 2.34. The molecule has 1 heterocycles. The SMILES string of the molecule is O.O.O=C(O)c1c(Oc2ccc(C(F)(F)F)cc2)[nH]c2ccccc12. The van der Waals surface area contributed by atoms with Gasteiger partial charge in [-0.05, 0) is 30.3 Å². The molecule has 0 amide bonds. The molecule has 1 aromatic heterocycles. The largest absolute Gasteiger partial charge is 0.477 e. The Morgan fingerprint density at radius 1 is 1.00 bits per heavy atom. The molecule has 0 saturated heterocycles. The minimum Gasteiger partial charge on any atom is -0.477 e. The molecule has 0 aliphatic carbocycles. The van der Waals surface area contributed by atoms with Crippen molar-refractivity contribution in [2.24, 2.45) is 0 Å². The molecular formula is C16H14F3NO5. The molecule has 0 fully saturated rings. The molecule has 0 atom stereocenters. The Bertz CT molecular complexity index is 872. The molecule has 0 unspecified atom stereocenters. The van der Waals surface area contributed by atoms with Gasteiger partial charge >= 0.3 is 12.1 Å². The molecule has 3 aromatic rings. The number of carboxylic acid groups (broad SMARTS) is 1. The summed E-state index contributed by atoms with van der Waals surface area (Å²) in [5.41, 5.74) is -0.313. The molecule has 9 heteroatoms. The highest BCUT2D eigenvalue weighted by atomic mass is 19.4. The minimum atomic E-state index is -4.44. The summed E-state index contributed by atoms with van der Waals surface area (Å²) in [7, 11) is 0. The fraction of sp³-hybridized carbons (Fsp3) is 0.0625. The van der Waals surface area contributed by atoms with Gasteiger partial charge in [-0.25, -0.2) is 4.79 Å². The van der Waals surface area contributed by atoms with Crippen LogP contribution in [0.1, 0.15) is 15.9 Å². The zero-order valence-electron chi connectivity index (χ0n) is 12.5. The van der Waals surface area contributed by atoms with Gasteiger partial charge in [-0.3, -0.25) is 0 Å². The van der Waals surface area contributed by atoms with Gasteiger partial charge in [-0.2, -0.15) is 13.2 Å². The number of H-pyrrole nitrogens is 1. The number of para-hydroxylation sites is 1. The Labute approximate surface area is 139 Å². The molecule has 3 rings (SSSR count). The number of hydrogen-bond acceptors (Lipinski definition) is 2. The van der Waals surface area contributed by atoms with Crippen LogP contribution in [0.4, 0.5) is 13.2 Å². The number of halogens is 3. The third-order valence-electron chi connectivity index (χ3n) is 3.29. The molecule has 6 nitrogen and oxygen atoms in total. The monoisotopic (exact) mass is 357 g/mol. The van der Waals surface area contributed by atoms with Gasteiger partial charge in [0.2, 0.25) is 5.88 Å². The molecule has 2 aromatic carbocycles. The highest BCUT2D eigenvalue weighted by Gasteiger charge is 2.30. The fourth-order valence-electron chi connectivity index (χ4n) is 2.24. The molecule has 0 aliphatic rings. The van der Waals surface area contributed by atoms with E-state index < -0.39 is 17.7 Å². The molecule has 0 bridgehead atoms. The predicted molar refractivity (Wildman–Crippen MR) is 84.0 cm³/mol. The van der Waals surface area contributed by atoms with E-state index in [1.165, 1.54) is 0 Å². The second-order valence-electron chi connectivity index (χ2n) is 4.80. The van der Waals surface area contributed by atoms with Crippen LogP contribution in [0.3, 0.4) is 0 Å².